The number of anilines is 2. The van der Waals surface area contributed by atoms with E-state index in [9.17, 15) is 9.59 Å². The van der Waals surface area contributed by atoms with Gasteiger partial charge in [0.25, 0.3) is 5.56 Å². The van der Waals surface area contributed by atoms with Gasteiger partial charge in [0.05, 0.1) is 16.6 Å². The van der Waals surface area contributed by atoms with E-state index in [1.54, 1.807) is 55.2 Å². The third-order valence-electron chi connectivity index (χ3n) is 4.59. The summed E-state index contributed by atoms with van der Waals surface area (Å²) in [7, 11) is 3.28. The van der Waals surface area contributed by atoms with Crippen LogP contribution in [0.4, 0.5) is 11.8 Å². The maximum atomic E-state index is 13.1. The molecule has 0 saturated heterocycles. The first-order valence-electron chi connectivity index (χ1n) is 8.65. The molecule has 10 heteroatoms. The van der Waals surface area contributed by atoms with Crippen molar-refractivity contribution in [2.24, 2.45) is 14.1 Å². The first-order chi connectivity index (χ1) is 13.9. The van der Waals surface area contributed by atoms with Gasteiger partial charge in [0.2, 0.25) is 5.95 Å². The van der Waals surface area contributed by atoms with E-state index in [0.717, 1.165) is 4.57 Å². The molecule has 1 N–H and O–H groups in total. The van der Waals surface area contributed by atoms with Gasteiger partial charge < -0.3 is 9.88 Å². The van der Waals surface area contributed by atoms with Gasteiger partial charge in [0.15, 0.2) is 11.2 Å². The van der Waals surface area contributed by atoms with Crippen LogP contribution in [0.3, 0.4) is 0 Å². The summed E-state index contributed by atoms with van der Waals surface area (Å²) in [4.78, 5) is 34.6. The zero-order valence-electron chi connectivity index (χ0n) is 15.6. The second-order valence-corrected chi connectivity index (χ2v) is 7.30. The third kappa shape index (κ3) is 3.41. The summed E-state index contributed by atoms with van der Waals surface area (Å²) in [6.45, 7) is 0.0620. The Morgan fingerprint density at radius 3 is 2.52 bits per heavy atom. The smallest absolute Gasteiger partial charge is 0.310 e. The minimum Gasteiger partial charge on any atom is -0.310 e. The second kappa shape index (κ2) is 7.38. The van der Waals surface area contributed by atoms with Gasteiger partial charge in [-0.15, -0.1) is 0 Å². The summed E-state index contributed by atoms with van der Waals surface area (Å²) in [6, 6.07) is 10.4. The van der Waals surface area contributed by atoms with E-state index in [4.69, 9.17) is 23.2 Å². The summed E-state index contributed by atoms with van der Waals surface area (Å²) in [5.41, 5.74) is 0.346. The molecule has 148 valence electrons. The highest BCUT2D eigenvalue weighted by Crippen LogP contribution is 2.23. The summed E-state index contributed by atoms with van der Waals surface area (Å²) in [5, 5.41) is 3.83. The minimum absolute atomic E-state index is 0.0620. The van der Waals surface area contributed by atoms with Gasteiger partial charge in [0.1, 0.15) is 5.82 Å². The van der Waals surface area contributed by atoms with Gasteiger partial charge in [-0.2, -0.15) is 4.98 Å². The number of nitrogens with one attached hydrogen (secondary N) is 1. The zero-order valence-corrected chi connectivity index (χ0v) is 17.1. The van der Waals surface area contributed by atoms with Crippen molar-refractivity contribution in [2.75, 3.05) is 5.32 Å². The Labute approximate surface area is 175 Å². The fourth-order valence-corrected chi connectivity index (χ4v) is 3.39. The Kier molecular flexibility index (Phi) is 4.89. The van der Waals surface area contributed by atoms with E-state index in [0.29, 0.717) is 32.9 Å². The molecule has 0 aliphatic carbocycles. The molecule has 0 saturated carbocycles. The lowest BCUT2D eigenvalue weighted by Crippen LogP contribution is -2.39. The highest BCUT2D eigenvalue weighted by molar-refractivity contribution is 6.42. The summed E-state index contributed by atoms with van der Waals surface area (Å²) >= 11 is 12.0. The number of aryl methyl sites for hydroxylation is 2. The van der Waals surface area contributed by atoms with Crippen molar-refractivity contribution in [2.45, 2.75) is 6.54 Å². The molecule has 0 atom stereocenters. The van der Waals surface area contributed by atoms with E-state index in [1.165, 1.54) is 4.57 Å². The number of fused-ring (bicyclic) bond motifs is 1. The van der Waals surface area contributed by atoms with Crippen molar-refractivity contribution in [1.29, 1.82) is 0 Å². The Bertz CT molecular complexity index is 1340. The Morgan fingerprint density at radius 1 is 1.03 bits per heavy atom. The van der Waals surface area contributed by atoms with Crippen molar-refractivity contribution < 1.29 is 0 Å². The van der Waals surface area contributed by atoms with E-state index >= 15 is 0 Å². The van der Waals surface area contributed by atoms with Crippen molar-refractivity contribution in [3.05, 3.63) is 79.0 Å². The van der Waals surface area contributed by atoms with E-state index < -0.39 is 11.2 Å². The fourth-order valence-electron chi connectivity index (χ4n) is 3.07. The Morgan fingerprint density at radius 2 is 1.83 bits per heavy atom. The van der Waals surface area contributed by atoms with Gasteiger partial charge in [0, 0.05) is 20.3 Å². The van der Waals surface area contributed by atoms with Gasteiger partial charge >= 0.3 is 5.69 Å². The number of imidazole rings is 1. The van der Waals surface area contributed by atoms with Crippen molar-refractivity contribution in [1.82, 2.24) is 23.7 Å². The Hall–Kier alpha value is -3.10. The van der Waals surface area contributed by atoms with Crippen LogP contribution < -0.4 is 16.6 Å². The molecule has 0 bridgehead atoms. The highest BCUT2D eigenvalue weighted by atomic mass is 35.5. The average Bonchev–Trinajstić information content (AvgIpc) is 3.03. The van der Waals surface area contributed by atoms with Crippen LogP contribution in [0.1, 0.15) is 5.56 Å². The maximum absolute atomic E-state index is 13.1. The molecule has 0 aliphatic rings. The van der Waals surface area contributed by atoms with Crippen LogP contribution in [-0.2, 0) is 20.6 Å². The molecule has 3 aromatic heterocycles. The number of benzene rings is 1. The minimum atomic E-state index is -0.476. The molecule has 0 aliphatic heterocycles. The molecule has 8 nitrogen and oxygen atoms in total. The lowest BCUT2D eigenvalue weighted by molar-refractivity contribution is 0.655. The zero-order chi connectivity index (χ0) is 20.7. The maximum Gasteiger partial charge on any atom is 0.332 e. The van der Waals surface area contributed by atoms with Crippen LogP contribution in [0.2, 0.25) is 10.0 Å². The second-order valence-electron chi connectivity index (χ2n) is 6.49. The third-order valence-corrected chi connectivity index (χ3v) is 5.33. The number of hydrogen-bond donors (Lipinski definition) is 1. The molecule has 3 heterocycles. The standard InChI is InChI=1S/C19H16Cl2N6O2/c1-25-15-16(24-18(25)23-14-5-3-4-8-22-14)26(2)19(29)27(17(15)28)10-11-6-7-12(20)13(21)9-11/h3-9H,10H2,1-2H3,(H,22,23,24). The van der Waals surface area contributed by atoms with Crippen LogP contribution in [0.5, 0.6) is 0 Å². The van der Waals surface area contributed by atoms with Crippen LogP contribution >= 0.6 is 23.2 Å². The SMILES string of the molecule is Cn1c(Nc2ccccn2)nc2c1c(=O)n(Cc1ccc(Cl)c(Cl)c1)c(=O)n2C. The van der Waals surface area contributed by atoms with Crippen LogP contribution in [0.15, 0.2) is 52.2 Å². The number of nitrogens with zero attached hydrogens (tertiary/aromatic N) is 5. The number of hydrogen-bond acceptors (Lipinski definition) is 5. The number of rotatable bonds is 4. The number of pyridine rings is 1. The van der Waals surface area contributed by atoms with Gasteiger partial charge in [-0.05, 0) is 29.8 Å². The first-order valence-corrected chi connectivity index (χ1v) is 9.40. The van der Waals surface area contributed by atoms with Gasteiger partial charge in [-0.25, -0.2) is 9.78 Å². The van der Waals surface area contributed by atoms with Crippen molar-refractivity contribution in [3.8, 4) is 0 Å². The van der Waals surface area contributed by atoms with Crippen molar-refractivity contribution in [3.63, 3.8) is 0 Å². The van der Waals surface area contributed by atoms with Crippen LogP contribution in [0, 0.1) is 0 Å². The predicted octanol–water partition coefficient (Wildman–Crippen LogP) is 2.93. The van der Waals surface area contributed by atoms with Gasteiger partial charge in [-0.3, -0.25) is 13.9 Å². The quantitative estimate of drug-likeness (QED) is 0.537. The van der Waals surface area contributed by atoms with Crippen LogP contribution in [-0.4, -0.2) is 23.7 Å². The van der Waals surface area contributed by atoms with E-state index in [1.807, 2.05) is 6.07 Å². The molecule has 4 aromatic rings. The summed E-state index contributed by atoms with van der Waals surface area (Å²) in [5.74, 6) is 0.977. The van der Waals surface area contributed by atoms with E-state index in [-0.39, 0.29) is 12.2 Å². The lowest BCUT2D eigenvalue weighted by Gasteiger charge is -2.09. The number of aromatic nitrogens is 5. The normalized spacial score (nSPS) is 11.2. The molecular formula is C19H16Cl2N6O2. The fraction of sp³-hybridized carbons (Fsp3) is 0.158. The highest BCUT2D eigenvalue weighted by Gasteiger charge is 2.19. The molecule has 0 unspecified atom stereocenters. The predicted molar refractivity (Wildman–Crippen MR) is 113 cm³/mol. The molecule has 1 aromatic carbocycles. The molecule has 0 spiro atoms. The molecule has 0 radical (unpaired) electrons. The largest absolute Gasteiger partial charge is 0.332 e. The van der Waals surface area contributed by atoms with Gasteiger partial charge in [-0.1, -0.05) is 35.3 Å². The molecule has 0 fully saturated rings. The Balaban J connectivity index is 1.85. The average molecular weight is 431 g/mol. The molecular weight excluding hydrogens is 415 g/mol. The van der Waals surface area contributed by atoms with Crippen molar-refractivity contribution >= 4 is 46.1 Å². The molecule has 0 amide bonds. The first kappa shape index (κ1) is 19.2. The summed E-state index contributed by atoms with van der Waals surface area (Å²) in [6.07, 6.45) is 1.64. The van der Waals surface area contributed by atoms with Crippen LogP contribution in [0.25, 0.3) is 11.2 Å². The topological polar surface area (TPSA) is 86.7 Å². The van der Waals surface area contributed by atoms with E-state index in [2.05, 4.69) is 15.3 Å². The summed E-state index contributed by atoms with van der Waals surface area (Å²) < 4.78 is 4.10. The molecule has 29 heavy (non-hydrogen) atoms. The molecule has 4 rings (SSSR count). The monoisotopic (exact) mass is 430 g/mol. The number of halogens is 2. The lowest BCUT2D eigenvalue weighted by atomic mass is 10.2.